The van der Waals surface area contributed by atoms with Gasteiger partial charge in [0.1, 0.15) is 22.6 Å². The van der Waals surface area contributed by atoms with Crippen molar-refractivity contribution < 1.29 is 9.42 Å². The van der Waals surface area contributed by atoms with E-state index in [1.54, 1.807) is 11.8 Å². The lowest BCUT2D eigenvalue weighted by molar-refractivity contribution is 0.0937. The van der Waals surface area contributed by atoms with Crippen molar-refractivity contribution in [2.75, 3.05) is 4.90 Å². The third kappa shape index (κ3) is 1.63. The maximum Gasteiger partial charge on any atom is 0.273 e. The molecule has 0 fully saturated rings. The number of nitrogens with one attached hydrogen (secondary N) is 2. The first-order chi connectivity index (χ1) is 8.66. The Kier molecular flexibility index (Phi) is 2.47. The average molecular weight is 266 g/mol. The predicted molar refractivity (Wildman–Crippen MR) is 64.0 cm³/mol. The maximum absolute atomic E-state index is 11.7. The van der Waals surface area contributed by atoms with Crippen LogP contribution >= 0.6 is 12.6 Å². The van der Waals surface area contributed by atoms with Gasteiger partial charge in [-0.15, -0.1) is 12.6 Å². The number of H-pyrrole nitrogens is 1. The van der Waals surface area contributed by atoms with Gasteiger partial charge in [-0.3, -0.25) is 4.79 Å². The fourth-order valence-electron chi connectivity index (χ4n) is 1.77. The second-order valence-corrected chi connectivity index (χ2v) is 4.36. The van der Waals surface area contributed by atoms with Crippen LogP contribution in [0.4, 0.5) is 5.82 Å². The summed E-state index contributed by atoms with van der Waals surface area (Å²) in [7, 11) is 0. The van der Waals surface area contributed by atoms with Crippen molar-refractivity contribution in [2.24, 2.45) is 0 Å². The quantitative estimate of drug-likeness (QED) is 0.665. The topological polar surface area (TPSA) is 99.9 Å². The molecule has 0 saturated carbocycles. The van der Waals surface area contributed by atoms with Crippen LogP contribution in [0.25, 0.3) is 0 Å². The number of anilines is 1. The third-order valence-corrected chi connectivity index (χ3v) is 3.15. The van der Waals surface area contributed by atoms with Crippen molar-refractivity contribution in [1.82, 2.24) is 25.6 Å². The Bertz CT molecular complexity index is 593. The van der Waals surface area contributed by atoms with Gasteiger partial charge < -0.3 is 15.2 Å². The molecule has 8 nitrogen and oxygen atoms in total. The lowest BCUT2D eigenvalue weighted by Crippen LogP contribution is -2.49. The first-order valence-electron chi connectivity index (χ1n) is 5.24. The molecular weight excluding hydrogens is 256 g/mol. The number of hydrogen-bond donors (Lipinski definition) is 3. The second-order valence-electron chi connectivity index (χ2n) is 3.87. The third-order valence-electron chi connectivity index (χ3n) is 2.74. The zero-order valence-electron chi connectivity index (χ0n) is 9.41. The van der Waals surface area contributed by atoms with E-state index in [0.717, 1.165) is 0 Å². The van der Waals surface area contributed by atoms with E-state index in [0.29, 0.717) is 29.4 Å². The Hall–Kier alpha value is -2.03. The van der Waals surface area contributed by atoms with E-state index >= 15 is 0 Å². The van der Waals surface area contributed by atoms with Crippen LogP contribution in [0.1, 0.15) is 21.9 Å². The van der Waals surface area contributed by atoms with Crippen molar-refractivity contribution >= 4 is 24.4 Å². The summed E-state index contributed by atoms with van der Waals surface area (Å²) in [4.78, 5) is 20.4. The van der Waals surface area contributed by atoms with Gasteiger partial charge in [0.05, 0.1) is 12.9 Å². The summed E-state index contributed by atoms with van der Waals surface area (Å²) in [5, 5.41) is 10.2. The zero-order chi connectivity index (χ0) is 12.7. The average Bonchev–Trinajstić information content (AvgIpc) is 2.93. The van der Waals surface area contributed by atoms with Crippen molar-refractivity contribution in [2.45, 2.75) is 19.0 Å². The summed E-state index contributed by atoms with van der Waals surface area (Å²) in [6.07, 6.45) is 1.47. The first-order valence-corrected chi connectivity index (χ1v) is 5.75. The van der Waals surface area contributed by atoms with Gasteiger partial charge in [0.25, 0.3) is 5.91 Å². The first kappa shape index (κ1) is 11.1. The number of carbonyl (C=O) groups is 1. The van der Waals surface area contributed by atoms with Gasteiger partial charge in [-0.1, -0.05) is 10.3 Å². The molecule has 3 rings (SSSR count). The van der Waals surface area contributed by atoms with Gasteiger partial charge in [-0.2, -0.15) is 0 Å². The molecule has 1 aliphatic heterocycles. The molecule has 1 amide bonds. The van der Waals surface area contributed by atoms with E-state index in [1.807, 2.05) is 0 Å². The molecular formula is C9H10N6O2S. The Morgan fingerprint density at radius 2 is 2.39 bits per heavy atom. The van der Waals surface area contributed by atoms with E-state index in [2.05, 4.69) is 42.9 Å². The van der Waals surface area contributed by atoms with Gasteiger partial charge in [0, 0.05) is 0 Å². The minimum Gasteiger partial charge on any atom is -0.339 e. The Balaban J connectivity index is 1.95. The predicted octanol–water partition coefficient (Wildman–Crippen LogP) is 0.0645. The number of aryl methyl sites for hydroxylation is 1. The summed E-state index contributed by atoms with van der Waals surface area (Å²) >= 11 is 4.32. The monoisotopic (exact) mass is 266 g/mol. The highest BCUT2D eigenvalue weighted by Crippen LogP contribution is 2.25. The van der Waals surface area contributed by atoms with Gasteiger partial charge in [-0.05, 0) is 6.92 Å². The number of aromatic nitrogens is 4. The molecule has 0 aliphatic carbocycles. The molecule has 1 unspecified atom stereocenters. The minimum atomic E-state index is -0.468. The van der Waals surface area contributed by atoms with Gasteiger partial charge in [0.2, 0.25) is 0 Å². The molecule has 2 aromatic heterocycles. The maximum atomic E-state index is 11.7. The highest BCUT2D eigenvalue weighted by Gasteiger charge is 2.31. The molecule has 1 atom stereocenters. The highest BCUT2D eigenvalue weighted by atomic mass is 32.1. The molecule has 0 bridgehead atoms. The summed E-state index contributed by atoms with van der Waals surface area (Å²) in [6.45, 7) is 2.20. The number of hydrogen-bond acceptors (Lipinski definition) is 7. The number of carbonyl (C=O) groups excluding carboxylic acids is 1. The van der Waals surface area contributed by atoms with Crippen molar-refractivity contribution in [3.8, 4) is 0 Å². The van der Waals surface area contributed by atoms with E-state index in [4.69, 9.17) is 0 Å². The van der Waals surface area contributed by atoms with Crippen molar-refractivity contribution in [3.63, 3.8) is 0 Å². The van der Waals surface area contributed by atoms with Crippen LogP contribution in [-0.4, -0.2) is 31.7 Å². The summed E-state index contributed by atoms with van der Waals surface area (Å²) in [6, 6.07) is 0. The molecule has 0 aromatic carbocycles. The summed E-state index contributed by atoms with van der Waals surface area (Å²) in [5.74, 6) is 0.315. The van der Waals surface area contributed by atoms with Crippen LogP contribution in [0.2, 0.25) is 0 Å². The van der Waals surface area contributed by atoms with Crippen molar-refractivity contribution in [1.29, 1.82) is 0 Å². The Morgan fingerprint density at radius 1 is 1.56 bits per heavy atom. The summed E-state index contributed by atoms with van der Waals surface area (Å²) in [5.41, 5.74) is 1.32. The fraction of sp³-hybridized carbons (Fsp3) is 0.333. The standard InChI is InChI=1S/C9H10N6O2S/c1-4-5(14-17-13-4)2-15-7-6(10-3-11-7)8(16)12-9(15)18/h3,9,18H,2H2,1H3,(H,10,11)(H,12,16). The van der Waals surface area contributed by atoms with Gasteiger partial charge in [-0.25, -0.2) is 9.61 Å². The van der Waals surface area contributed by atoms with Crippen LogP contribution in [0, 0.1) is 6.92 Å². The molecule has 3 heterocycles. The number of fused-ring (bicyclic) bond motifs is 1. The van der Waals surface area contributed by atoms with Gasteiger partial charge in [0.15, 0.2) is 5.82 Å². The van der Waals surface area contributed by atoms with Crippen molar-refractivity contribution in [3.05, 3.63) is 23.4 Å². The smallest absolute Gasteiger partial charge is 0.273 e. The molecule has 9 heteroatoms. The Morgan fingerprint density at radius 3 is 3.11 bits per heavy atom. The van der Waals surface area contributed by atoms with E-state index in [9.17, 15) is 4.79 Å². The number of amides is 1. The highest BCUT2D eigenvalue weighted by molar-refractivity contribution is 7.81. The molecule has 2 aromatic rings. The Labute approximate surface area is 107 Å². The largest absolute Gasteiger partial charge is 0.339 e. The number of rotatable bonds is 2. The number of imidazole rings is 1. The van der Waals surface area contributed by atoms with Crippen LogP contribution in [0.3, 0.4) is 0 Å². The van der Waals surface area contributed by atoms with Crippen LogP contribution in [0.15, 0.2) is 11.0 Å². The van der Waals surface area contributed by atoms with E-state index in [1.165, 1.54) is 6.33 Å². The molecule has 0 spiro atoms. The zero-order valence-corrected chi connectivity index (χ0v) is 10.3. The summed E-state index contributed by atoms with van der Waals surface area (Å²) < 4.78 is 4.65. The van der Waals surface area contributed by atoms with Gasteiger partial charge >= 0.3 is 0 Å². The number of aromatic amines is 1. The lowest BCUT2D eigenvalue weighted by atomic mass is 10.2. The van der Waals surface area contributed by atoms with Crippen LogP contribution in [0.5, 0.6) is 0 Å². The lowest BCUT2D eigenvalue weighted by Gasteiger charge is -2.32. The molecule has 94 valence electrons. The molecule has 0 saturated heterocycles. The number of thiol groups is 1. The molecule has 2 N–H and O–H groups in total. The van der Waals surface area contributed by atoms with Crippen LogP contribution < -0.4 is 10.2 Å². The molecule has 1 aliphatic rings. The number of nitrogens with zero attached hydrogens (tertiary/aromatic N) is 4. The van der Waals surface area contributed by atoms with E-state index in [-0.39, 0.29) is 5.91 Å². The van der Waals surface area contributed by atoms with E-state index < -0.39 is 5.50 Å². The SMILES string of the molecule is Cc1nonc1CN1c2nc[nH]c2C(=O)NC1S. The minimum absolute atomic E-state index is 0.228. The fourth-order valence-corrected chi connectivity index (χ4v) is 2.08. The second kappa shape index (κ2) is 4.02. The van der Waals surface area contributed by atoms with Crippen LogP contribution in [-0.2, 0) is 6.54 Å². The normalized spacial score (nSPS) is 18.7. The molecule has 18 heavy (non-hydrogen) atoms. The molecule has 0 radical (unpaired) electrons.